The molecule has 2 N–H and O–H groups in total. The van der Waals surface area contributed by atoms with Crippen LogP contribution in [-0.2, 0) is 0 Å². The smallest absolute Gasteiger partial charge is 0.254 e. The first-order chi connectivity index (χ1) is 9.49. The molecule has 0 fully saturated rings. The van der Waals surface area contributed by atoms with E-state index in [1.165, 1.54) is 11.8 Å². The molecule has 5 heteroatoms. The van der Waals surface area contributed by atoms with Gasteiger partial charge in [-0.3, -0.25) is 4.79 Å². The van der Waals surface area contributed by atoms with E-state index in [1.54, 1.807) is 19.0 Å². The summed E-state index contributed by atoms with van der Waals surface area (Å²) in [7, 11) is 3.51. The summed E-state index contributed by atoms with van der Waals surface area (Å²) in [5.74, 6) is -0.00261. The number of nitrogens with zero attached hydrogens (tertiary/aromatic N) is 1. The van der Waals surface area contributed by atoms with Crippen molar-refractivity contribution in [3.05, 3.63) is 51.6 Å². The Morgan fingerprint density at radius 3 is 2.50 bits per heavy atom. The Labute approximate surface area is 136 Å². The lowest BCUT2D eigenvalue weighted by Gasteiger charge is -2.14. The zero-order valence-electron chi connectivity index (χ0n) is 11.3. The molecule has 20 heavy (non-hydrogen) atoms. The lowest BCUT2D eigenvalue weighted by atomic mass is 10.2. The number of carbonyl (C=O) groups excluding carboxylic acids is 1. The Morgan fingerprint density at radius 1 is 1.15 bits per heavy atom. The Hall–Kier alpha value is -1.21. The molecule has 0 unspecified atom stereocenters. The van der Waals surface area contributed by atoms with Crippen LogP contribution in [-0.4, -0.2) is 24.9 Å². The lowest BCUT2D eigenvalue weighted by Crippen LogP contribution is -2.22. The van der Waals surface area contributed by atoms with Crippen molar-refractivity contribution in [2.24, 2.45) is 0 Å². The van der Waals surface area contributed by atoms with Gasteiger partial charge in [-0.05, 0) is 52.9 Å². The molecule has 2 aromatic rings. The molecule has 0 bridgehead atoms. The number of hydrogen-bond donors (Lipinski definition) is 1. The summed E-state index contributed by atoms with van der Waals surface area (Å²) in [5.41, 5.74) is 7.46. The van der Waals surface area contributed by atoms with E-state index < -0.39 is 0 Å². The molecule has 104 valence electrons. The van der Waals surface area contributed by atoms with Crippen LogP contribution in [0, 0.1) is 3.57 Å². The summed E-state index contributed by atoms with van der Waals surface area (Å²) in [6.45, 7) is 0. The average molecular weight is 398 g/mol. The van der Waals surface area contributed by atoms with E-state index in [0.29, 0.717) is 5.56 Å². The predicted octanol–water partition coefficient (Wildman–Crippen LogP) is 3.73. The highest BCUT2D eigenvalue weighted by molar-refractivity contribution is 14.1. The van der Waals surface area contributed by atoms with Gasteiger partial charge in [0.25, 0.3) is 5.91 Å². The van der Waals surface area contributed by atoms with E-state index >= 15 is 0 Å². The van der Waals surface area contributed by atoms with Gasteiger partial charge in [-0.2, -0.15) is 0 Å². The number of amides is 1. The second-order valence-electron chi connectivity index (χ2n) is 4.48. The van der Waals surface area contributed by atoms with Gasteiger partial charge in [0.1, 0.15) is 0 Å². The molecule has 2 rings (SSSR count). The van der Waals surface area contributed by atoms with Crippen molar-refractivity contribution in [1.29, 1.82) is 0 Å². The molecule has 0 aliphatic carbocycles. The molecule has 0 aliphatic rings. The van der Waals surface area contributed by atoms with Crippen molar-refractivity contribution < 1.29 is 4.79 Å². The fourth-order valence-corrected chi connectivity index (χ4v) is 3.18. The first-order valence-electron chi connectivity index (χ1n) is 6.02. The maximum absolute atomic E-state index is 12.2. The van der Waals surface area contributed by atoms with Crippen LogP contribution in [0.2, 0.25) is 0 Å². The number of hydrogen-bond acceptors (Lipinski definition) is 3. The van der Waals surface area contributed by atoms with Crippen LogP contribution in [0.3, 0.4) is 0 Å². The first kappa shape index (κ1) is 15.2. The van der Waals surface area contributed by atoms with Crippen molar-refractivity contribution in [2.45, 2.75) is 9.79 Å². The third-order valence-corrected chi connectivity index (χ3v) is 4.55. The molecule has 1 amide bonds. The summed E-state index contributed by atoms with van der Waals surface area (Å²) in [5, 5.41) is 0. The highest BCUT2D eigenvalue weighted by Crippen LogP contribution is 2.35. The van der Waals surface area contributed by atoms with Gasteiger partial charge >= 0.3 is 0 Å². The zero-order valence-corrected chi connectivity index (χ0v) is 14.2. The van der Waals surface area contributed by atoms with Gasteiger partial charge in [0.2, 0.25) is 0 Å². The van der Waals surface area contributed by atoms with E-state index in [0.717, 1.165) is 19.0 Å². The Morgan fingerprint density at radius 2 is 1.85 bits per heavy atom. The van der Waals surface area contributed by atoms with Crippen molar-refractivity contribution in [3.8, 4) is 0 Å². The quantitative estimate of drug-likeness (QED) is 0.633. The summed E-state index contributed by atoms with van der Waals surface area (Å²) in [6.07, 6.45) is 0. The largest absolute Gasteiger partial charge is 0.398 e. The Bertz CT molecular complexity index is 644. The van der Waals surface area contributed by atoms with Crippen molar-refractivity contribution in [1.82, 2.24) is 4.90 Å². The lowest BCUT2D eigenvalue weighted by molar-refractivity contribution is 0.0824. The van der Waals surface area contributed by atoms with Gasteiger partial charge in [0, 0.05) is 33.1 Å². The average Bonchev–Trinajstić information content (AvgIpc) is 2.41. The molecule has 0 spiro atoms. The fraction of sp³-hybridized carbons (Fsp3) is 0.133. The number of rotatable bonds is 3. The van der Waals surface area contributed by atoms with Crippen molar-refractivity contribution in [2.75, 3.05) is 19.8 Å². The van der Waals surface area contributed by atoms with E-state index in [9.17, 15) is 4.79 Å². The van der Waals surface area contributed by atoms with Crippen LogP contribution in [0.1, 0.15) is 10.4 Å². The third-order valence-electron chi connectivity index (χ3n) is 2.72. The molecule has 3 nitrogen and oxygen atoms in total. The van der Waals surface area contributed by atoms with E-state index in [2.05, 4.69) is 22.6 Å². The van der Waals surface area contributed by atoms with Gasteiger partial charge < -0.3 is 10.6 Å². The van der Waals surface area contributed by atoms with Gasteiger partial charge in [0.05, 0.1) is 5.56 Å². The highest BCUT2D eigenvalue weighted by atomic mass is 127. The monoisotopic (exact) mass is 398 g/mol. The molecule has 0 saturated carbocycles. The fourth-order valence-electron chi connectivity index (χ4n) is 1.70. The Balaban J connectivity index is 2.36. The third kappa shape index (κ3) is 3.46. The Kier molecular flexibility index (Phi) is 4.93. The number of benzene rings is 2. The second-order valence-corrected chi connectivity index (χ2v) is 6.81. The molecule has 0 aromatic heterocycles. The summed E-state index contributed by atoms with van der Waals surface area (Å²) in [4.78, 5) is 15.6. The number of nitrogens with two attached hydrogens (primary N) is 1. The number of anilines is 1. The van der Waals surface area contributed by atoms with E-state index in [-0.39, 0.29) is 5.91 Å². The molecular weight excluding hydrogens is 383 g/mol. The second kappa shape index (κ2) is 6.49. The van der Waals surface area contributed by atoms with Gasteiger partial charge in [-0.1, -0.05) is 23.9 Å². The standard InChI is InChI=1S/C15H15IN2OS/c1-18(2)15(19)11-5-3-4-6-13(11)20-14-8-7-10(16)9-12(14)17/h3-9H,17H2,1-2H3. The van der Waals surface area contributed by atoms with Gasteiger partial charge in [0.15, 0.2) is 0 Å². The molecule has 0 saturated heterocycles. The van der Waals surface area contributed by atoms with Crippen LogP contribution >= 0.6 is 34.4 Å². The maximum atomic E-state index is 12.2. The number of nitrogen functional groups attached to an aromatic ring is 1. The molecule has 0 aliphatic heterocycles. The first-order valence-corrected chi connectivity index (χ1v) is 7.92. The minimum absolute atomic E-state index is 0.00261. The van der Waals surface area contributed by atoms with Crippen LogP contribution in [0.25, 0.3) is 0 Å². The molecule has 0 atom stereocenters. The van der Waals surface area contributed by atoms with Crippen molar-refractivity contribution in [3.63, 3.8) is 0 Å². The number of halogens is 1. The van der Waals surface area contributed by atoms with E-state index in [1.807, 2.05) is 42.5 Å². The highest BCUT2D eigenvalue weighted by Gasteiger charge is 2.14. The minimum Gasteiger partial charge on any atom is -0.398 e. The van der Waals surface area contributed by atoms with Crippen LogP contribution < -0.4 is 5.73 Å². The van der Waals surface area contributed by atoms with Gasteiger partial charge in [-0.15, -0.1) is 0 Å². The maximum Gasteiger partial charge on any atom is 0.254 e. The molecule has 2 aromatic carbocycles. The normalized spacial score (nSPS) is 10.3. The SMILES string of the molecule is CN(C)C(=O)c1ccccc1Sc1ccc(I)cc1N. The van der Waals surface area contributed by atoms with E-state index in [4.69, 9.17) is 5.73 Å². The molecular formula is C15H15IN2OS. The van der Waals surface area contributed by atoms with Crippen molar-refractivity contribution >= 4 is 45.9 Å². The van der Waals surface area contributed by atoms with Crippen LogP contribution in [0.5, 0.6) is 0 Å². The zero-order chi connectivity index (χ0) is 14.7. The predicted molar refractivity (Wildman–Crippen MR) is 92.2 cm³/mol. The molecule has 0 heterocycles. The topological polar surface area (TPSA) is 46.3 Å². The number of carbonyl (C=O) groups is 1. The minimum atomic E-state index is -0.00261. The van der Waals surface area contributed by atoms with Crippen LogP contribution in [0.4, 0.5) is 5.69 Å². The summed E-state index contributed by atoms with van der Waals surface area (Å²) < 4.78 is 1.10. The summed E-state index contributed by atoms with van der Waals surface area (Å²) >= 11 is 3.75. The summed E-state index contributed by atoms with van der Waals surface area (Å²) in [6, 6.07) is 13.5. The van der Waals surface area contributed by atoms with Gasteiger partial charge in [-0.25, -0.2) is 0 Å². The van der Waals surface area contributed by atoms with Crippen LogP contribution in [0.15, 0.2) is 52.3 Å². The molecule has 0 radical (unpaired) electrons.